The first kappa shape index (κ1) is 22.9. The van der Waals surface area contributed by atoms with Crippen LogP contribution in [0, 0.1) is 6.92 Å². The Bertz CT molecular complexity index is 1040. The first-order chi connectivity index (χ1) is 15.5. The quantitative estimate of drug-likeness (QED) is 0.512. The molecule has 32 heavy (non-hydrogen) atoms. The number of methoxy groups -OCH3 is 2. The zero-order chi connectivity index (χ0) is 22.9. The van der Waals surface area contributed by atoms with Crippen LogP contribution in [0.2, 0.25) is 0 Å². The largest absolute Gasteiger partial charge is 0.493 e. The third-order valence-electron chi connectivity index (χ3n) is 4.89. The van der Waals surface area contributed by atoms with E-state index >= 15 is 0 Å². The lowest BCUT2D eigenvalue weighted by Gasteiger charge is -2.18. The predicted octanol–water partition coefficient (Wildman–Crippen LogP) is 4.24. The molecule has 1 N–H and O–H groups in total. The van der Waals surface area contributed by atoms with Crippen LogP contribution in [0.3, 0.4) is 0 Å². The molecule has 0 aliphatic rings. The number of aryl methyl sites for hydroxylation is 1. The van der Waals surface area contributed by atoms with Gasteiger partial charge in [0.05, 0.1) is 20.3 Å². The van der Waals surface area contributed by atoms with Gasteiger partial charge in [0.15, 0.2) is 29.6 Å². The lowest BCUT2D eigenvalue weighted by atomic mass is 10.1. The molecule has 7 heteroatoms. The Balaban J connectivity index is 1.58. The molecule has 0 radical (unpaired) electrons. The monoisotopic (exact) mass is 436 g/mol. The van der Waals surface area contributed by atoms with E-state index < -0.39 is 0 Å². The SMILES string of the molecule is COc1cc(C)ccc1OCC(=O)NC(C)c1ccc(OCc2ccncc2)c(OC)c1. The number of amides is 1. The van der Waals surface area contributed by atoms with Crippen LogP contribution < -0.4 is 24.3 Å². The van der Waals surface area contributed by atoms with Crippen molar-refractivity contribution in [1.29, 1.82) is 0 Å². The minimum atomic E-state index is -0.242. The number of nitrogens with zero attached hydrogens (tertiary/aromatic N) is 1. The van der Waals surface area contributed by atoms with E-state index in [-0.39, 0.29) is 18.6 Å². The molecule has 7 nitrogen and oxygen atoms in total. The van der Waals surface area contributed by atoms with Crippen LogP contribution in [0.4, 0.5) is 0 Å². The van der Waals surface area contributed by atoms with Crippen molar-refractivity contribution in [3.8, 4) is 23.0 Å². The van der Waals surface area contributed by atoms with Crippen molar-refractivity contribution in [3.05, 3.63) is 77.6 Å². The van der Waals surface area contributed by atoms with E-state index in [1.807, 2.05) is 56.3 Å². The van der Waals surface area contributed by atoms with Crippen LogP contribution in [0.5, 0.6) is 23.0 Å². The van der Waals surface area contributed by atoms with Gasteiger partial charge >= 0.3 is 0 Å². The van der Waals surface area contributed by atoms with Gasteiger partial charge in [-0.2, -0.15) is 0 Å². The van der Waals surface area contributed by atoms with Crippen molar-refractivity contribution < 1.29 is 23.7 Å². The van der Waals surface area contributed by atoms with E-state index in [1.54, 1.807) is 32.7 Å². The third-order valence-corrected chi connectivity index (χ3v) is 4.89. The molecule has 2 aromatic carbocycles. The van der Waals surface area contributed by atoms with Crippen LogP contribution in [0.25, 0.3) is 0 Å². The van der Waals surface area contributed by atoms with Gasteiger partial charge in [0, 0.05) is 12.4 Å². The first-order valence-electron chi connectivity index (χ1n) is 10.3. The average Bonchev–Trinajstić information content (AvgIpc) is 2.82. The van der Waals surface area contributed by atoms with Crippen LogP contribution in [-0.2, 0) is 11.4 Å². The predicted molar refractivity (Wildman–Crippen MR) is 121 cm³/mol. The molecule has 3 rings (SSSR count). The number of pyridine rings is 1. The summed E-state index contributed by atoms with van der Waals surface area (Å²) in [6, 6.07) is 14.7. The lowest BCUT2D eigenvalue weighted by Crippen LogP contribution is -2.31. The van der Waals surface area contributed by atoms with Crippen LogP contribution >= 0.6 is 0 Å². The fourth-order valence-electron chi connectivity index (χ4n) is 3.12. The van der Waals surface area contributed by atoms with Gasteiger partial charge in [0.2, 0.25) is 0 Å². The van der Waals surface area contributed by atoms with E-state index in [2.05, 4.69) is 10.3 Å². The Morgan fingerprint density at radius 1 is 0.906 bits per heavy atom. The molecular formula is C25H28N2O5. The first-order valence-corrected chi connectivity index (χ1v) is 10.3. The van der Waals surface area contributed by atoms with E-state index in [0.29, 0.717) is 29.6 Å². The summed E-state index contributed by atoms with van der Waals surface area (Å²) in [5, 5.41) is 2.94. The molecule has 1 unspecified atom stereocenters. The number of hydrogen-bond donors (Lipinski definition) is 1. The highest BCUT2D eigenvalue weighted by Gasteiger charge is 2.14. The summed E-state index contributed by atoms with van der Waals surface area (Å²) in [4.78, 5) is 16.4. The Hall–Kier alpha value is -3.74. The number of benzene rings is 2. The van der Waals surface area contributed by atoms with E-state index in [4.69, 9.17) is 18.9 Å². The summed E-state index contributed by atoms with van der Waals surface area (Å²) in [7, 11) is 3.16. The average molecular weight is 437 g/mol. The summed E-state index contributed by atoms with van der Waals surface area (Å²) >= 11 is 0. The molecule has 168 valence electrons. The number of ether oxygens (including phenoxy) is 4. The van der Waals surface area contributed by atoms with Crippen molar-refractivity contribution in [2.24, 2.45) is 0 Å². The molecule has 0 aliphatic heterocycles. The maximum absolute atomic E-state index is 12.4. The normalized spacial score (nSPS) is 11.4. The highest BCUT2D eigenvalue weighted by Crippen LogP contribution is 2.31. The molecule has 1 atom stereocenters. The topological polar surface area (TPSA) is 78.9 Å². The molecule has 0 saturated heterocycles. The Morgan fingerprint density at radius 3 is 2.28 bits per heavy atom. The number of carbonyl (C=O) groups is 1. The van der Waals surface area contributed by atoms with Crippen molar-refractivity contribution in [1.82, 2.24) is 10.3 Å². The number of rotatable bonds is 10. The maximum atomic E-state index is 12.4. The zero-order valence-electron chi connectivity index (χ0n) is 18.8. The van der Waals surface area contributed by atoms with E-state index in [0.717, 1.165) is 16.7 Å². The van der Waals surface area contributed by atoms with Crippen molar-refractivity contribution in [2.75, 3.05) is 20.8 Å². The summed E-state index contributed by atoms with van der Waals surface area (Å²) < 4.78 is 22.3. The summed E-state index contributed by atoms with van der Waals surface area (Å²) in [6.07, 6.45) is 3.45. The second kappa shape index (κ2) is 11.0. The van der Waals surface area contributed by atoms with E-state index in [9.17, 15) is 4.79 Å². The highest BCUT2D eigenvalue weighted by molar-refractivity contribution is 5.78. The fourth-order valence-corrected chi connectivity index (χ4v) is 3.12. The van der Waals surface area contributed by atoms with Gasteiger partial charge in [-0.1, -0.05) is 12.1 Å². The second-order valence-electron chi connectivity index (χ2n) is 7.29. The van der Waals surface area contributed by atoms with Gasteiger partial charge in [0.1, 0.15) is 6.61 Å². The minimum Gasteiger partial charge on any atom is -0.493 e. The zero-order valence-corrected chi connectivity index (χ0v) is 18.8. The summed E-state index contributed by atoms with van der Waals surface area (Å²) in [5.74, 6) is 2.10. The second-order valence-corrected chi connectivity index (χ2v) is 7.29. The molecule has 0 saturated carbocycles. The molecule has 1 aromatic heterocycles. The van der Waals surface area contributed by atoms with Gasteiger partial charge in [-0.3, -0.25) is 9.78 Å². The smallest absolute Gasteiger partial charge is 0.258 e. The molecular weight excluding hydrogens is 408 g/mol. The third kappa shape index (κ3) is 6.14. The van der Waals surface area contributed by atoms with Gasteiger partial charge in [-0.05, 0) is 66.9 Å². The Morgan fingerprint density at radius 2 is 1.56 bits per heavy atom. The Kier molecular flexibility index (Phi) is 7.91. The van der Waals surface area contributed by atoms with Crippen LogP contribution in [-0.4, -0.2) is 31.7 Å². The van der Waals surface area contributed by atoms with Crippen molar-refractivity contribution in [2.45, 2.75) is 26.5 Å². The van der Waals surface area contributed by atoms with Crippen molar-refractivity contribution in [3.63, 3.8) is 0 Å². The van der Waals surface area contributed by atoms with Gasteiger partial charge in [-0.25, -0.2) is 0 Å². The Labute approximate surface area is 188 Å². The maximum Gasteiger partial charge on any atom is 0.258 e. The molecule has 0 spiro atoms. The van der Waals surface area contributed by atoms with Crippen molar-refractivity contribution >= 4 is 5.91 Å². The summed E-state index contributed by atoms with van der Waals surface area (Å²) in [6.45, 7) is 4.15. The van der Waals surface area contributed by atoms with Gasteiger partial charge in [0.25, 0.3) is 5.91 Å². The molecule has 0 fully saturated rings. The highest BCUT2D eigenvalue weighted by atomic mass is 16.5. The number of aromatic nitrogens is 1. The standard InChI is InChI=1S/C25H28N2O5/c1-17-5-7-21(23(13-17)29-3)32-16-25(28)27-18(2)20-6-8-22(24(14-20)30-4)31-15-19-9-11-26-12-10-19/h5-14,18H,15-16H2,1-4H3,(H,27,28). The van der Waals surface area contributed by atoms with Gasteiger partial charge in [-0.15, -0.1) is 0 Å². The molecule has 0 bridgehead atoms. The van der Waals surface area contributed by atoms with Gasteiger partial charge < -0.3 is 24.3 Å². The lowest BCUT2D eigenvalue weighted by molar-refractivity contribution is -0.123. The molecule has 0 aliphatic carbocycles. The minimum absolute atomic E-state index is 0.117. The molecule has 1 heterocycles. The number of carbonyl (C=O) groups excluding carboxylic acids is 1. The number of nitrogens with one attached hydrogen (secondary N) is 1. The fraction of sp³-hybridized carbons (Fsp3) is 0.280. The summed E-state index contributed by atoms with van der Waals surface area (Å²) in [5.41, 5.74) is 2.95. The van der Waals surface area contributed by atoms with Crippen LogP contribution in [0.1, 0.15) is 29.7 Å². The number of hydrogen-bond acceptors (Lipinski definition) is 6. The van der Waals surface area contributed by atoms with E-state index in [1.165, 1.54) is 0 Å². The molecule has 1 amide bonds. The van der Waals surface area contributed by atoms with Crippen LogP contribution in [0.15, 0.2) is 60.9 Å². The molecule has 3 aromatic rings.